The zero-order valence-corrected chi connectivity index (χ0v) is 16.6. The molecule has 0 spiro atoms. The molecule has 2 fully saturated rings. The number of nitriles is 1. The number of β-amino-alcohol motifs (C(OH)–C–C–N with tert-alkyl or cyclic N) is 1. The maximum Gasteiger partial charge on any atom is 0.168 e. The maximum atomic E-state index is 12.5. The van der Waals surface area contributed by atoms with Crippen molar-refractivity contribution in [1.29, 1.82) is 5.26 Å². The molecule has 7 heteroatoms. The quantitative estimate of drug-likeness (QED) is 0.397. The van der Waals surface area contributed by atoms with Crippen molar-refractivity contribution in [2.45, 2.75) is 18.8 Å². The van der Waals surface area contributed by atoms with Crippen LogP contribution in [0.15, 0.2) is 36.0 Å². The Morgan fingerprint density at radius 2 is 1.62 bits per heavy atom. The molecule has 0 bridgehead atoms. The lowest BCUT2D eigenvalue weighted by atomic mass is 9.80. The third-order valence-electron chi connectivity index (χ3n) is 5.68. The van der Waals surface area contributed by atoms with Crippen LogP contribution < -0.4 is 5.32 Å². The first-order valence-corrected chi connectivity index (χ1v) is 10.2. The summed E-state index contributed by atoms with van der Waals surface area (Å²) in [6.45, 7) is 6.29. The van der Waals surface area contributed by atoms with Crippen LogP contribution in [0.5, 0.6) is 0 Å². The largest absolute Gasteiger partial charge is 0.395 e. The number of Topliss-reactive ketones (excluding diaryl/α,β-unsaturated/α-hetero) is 2. The first-order chi connectivity index (χ1) is 14.1. The molecule has 154 valence electrons. The summed E-state index contributed by atoms with van der Waals surface area (Å²) in [5, 5.41) is 21.0. The van der Waals surface area contributed by atoms with E-state index >= 15 is 0 Å². The third-order valence-corrected chi connectivity index (χ3v) is 5.68. The lowest BCUT2D eigenvalue weighted by molar-refractivity contribution is -0.124. The molecule has 1 heterocycles. The van der Waals surface area contributed by atoms with Crippen LogP contribution in [0, 0.1) is 11.3 Å². The molecule has 2 aliphatic rings. The molecule has 1 aliphatic heterocycles. The zero-order chi connectivity index (χ0) is 20.6. The summed E-state index contributed by atoms with van der Waals surface area (Å²) in [7, 11) is 0. The van der Waals surface area contributed by atoms with Gasteiger partial charge in [0.05, 0.1) is 23.8 Å². The molecule has 1 aromatic carbocycles. The van der Waals surface area contributed by atoms with E-state index < -0.39 is 0 Å². The number of aliphatic hydroxyl groups is 1. The van der Waals surface area contributed by atoms with Gasteiger partial charge in [0.2, 0.25) is 0 Å². The number of ketones is 2. The van der Waals surface area contributed by atoms with E-state index in [0.29, 0.717) is 24.9 Å². The van der Waals surface area contributed by atoms with Crippen LogP contribution in [-0.2, 0) is 9.59 Å². The summed E-state index contributed by atoms with van der Waals surface area (Å²) in [6.07, 6.45) is 2.22. The fraction of sp³-hybridized carbons (Fsp3) is 0.500. The number of allylic oxidation sites excluding steroid dienone is 1. The van der Waals surface area contributed by atoms with Crippen LogP contribution in [-0.4, -0.2) is 78.9 Å². The van der Waals surface area contributed by atoms with E-state index in [9.17, 15) is 9.59 Å². The first-order valence-electron chi connectivity index (χ1n) is 10.2. The number of aliphatic hydroxyl groups excluding tert-OH is 1. The number of piperazine rings is 1. The molecular formula is C22H28N4O3. The molecule has 1 saturated heterocycles. The highest BCUT2D eigenvalue weighted by Gasteiger charge is 2.31. The van der Waals surface area contributed by atoms with Gasteiger partial charge in [-0.1, -0.05) is 12.1 Å². The van der Waals surface area contributed by atoms with Crippen LogP contribution in [0.1, 0.15) is 29.9 Å². The lowest BCUT2D eigenvalue weighted by Gasteiger charge is -2.34. The second-order valence-corrected chi connectivity index (χ2v) is 7.60. The number of hydrogen-bond acceptors (Lipinski definition) is 7. The Morgan fingerprint density at radius 1 is 1.03 bits per heavy atom. The standard InChI is InChI=1S/C22H28N4O3/c23-15-17-1-3-18(4-2-17)19-13-21(28)20(22(29)14-19)16-24-5-6-25-7-9-26(10-8-25)11-12-27/h1-4,16,19,24,27H,5-14H2. The number of nitrogens with one attached hydrogen (secondary N) is 1. The van der Waals surface area contributed by atoms with Crippen molar-refractivity contribution in [2.24, 2.45) is 0 Å². The second kappa shape index (κ2) is 10.3. The van der Waals surface area contributed by atoms with E-state index in [-0.39, 0.29) is 29.7 Å². The van der Waals surface area contributed by atoms with Crippen molar-refractivity contribution in [1.82, 2.24) is 15.1 Å². The van der Waals surface area contributed by atoms with Gasteiger partial charge in [0.25, 0.3) is 0 Å². The van der Waals surface area contributed by atoms with Gasteiger partial charge >= 0.3 is 0 Å². The summed E-state index contributed by atoms with van der Waals surface area (Å²) in [5.74, 6) is -0.364. The van der Waals surface area contributed by atoms with Crippen LogP contribution in [0.3, 0.4) is 0 Å². The fourth-order valence-corrected chi connectivity index (χ4v) is 3.90. The Kier molecular flexibility index (Phi) is 7.53. The Bertz CT molecular complexity index is 769. The highest BCUT2D eigenvalue weighted by atomic mass is 16.3. The molecule has 1 aliphatic carbocycles. The SMILES string of the molecule is N#Cc1ccc(C2CC(=O)C(=CNCCN3CCN(CCO)CC3)C(=O)C2)cc1. The molecule has 0 aromatic heterocycles. The van der Waals surface area contributed by atoms with Gasteiger partial charge in [-0.15, -0.1) is 0 Å². The van der Waals surface area contributed by atoms with Crippen molar-refractivity contribution in [3.8, 4) is 6.07 Å². The maximum absolute atomic E-state index is 12.5. The molecule has 0 atom stereocenters. The molecule has 0 amide bonds. The number of carbonyl (C=O) groups is 2. The minimum absolute atomic E-state index is 0.116. The van der Waals surface area contributed by atoms with Gasteiger partial charge in [0, 0.05) is 64.9 Å². The number of nitrogens with zero attached hydrogens (tertiary/aromatic N) is 3. The third kappa shape index (κ3) is 5.73. The molecular weight excluding hydrogens is 368 g/mol. The van der Waals surface area contributed by atoms with Crippen molar-refractivity contribution in [3.05, 3.63) is 47.2 Å². The normalized spacial score (nSPS) is 21.1. The molecule has 1 saturated carbocycles. The Balaban J connectivity index is 1.45. The monoisotopic (exact) mass is 396 g/mol. The number of carbonyl (C=O) groups excluding carboxylic acids is 2. The van der Waals surface area contributed by atoms with Crippen molar-refractivity contribution in [2.75, 3.05) is 52.4 Å². The molecule has 1 aromatic rings. The average molecular weight is 396 g/mol. The van der Waals surface area contributed by atoms with Crippen LogP contribution in [0.2, 0.25) is 0 Å². The molecule has 3 rings (SSSR count). The first kappa shape index (κ1) is 21.2. The fourth-order valence-electron chi connectivity index (χ4n) is 3.90. The van der Waals surface area contributed by atoms with Gasteiger partial charge in [-0.3, -0.25) is 19.4 Å². The number of hydrogen-bond donors (Lipinski definition) is 2. The topological polar surface area (TPSA) is 96.7 Å². The highest BCUT2D eigenvalue weighted by molar-refractivity contribution is 6.22. The van der Waals surface area contributed by atoms with E-state index in [1.807, 2.05) is 12.1 Å². The summed E-state index contributed by atoms with van der Waals surface area (Å²) < 4.78 is 0. The second-order valence-electron chi connectivity index (χ2n) is 7.60. The average Bonchev–Trinajstić information content (AvgIpc) is 2.74. The van der Waals surface area contributed by atoms with E-state index in [2.05, 4.69) is 21.2 Å². The Morgan fingerprint density at radius 3 is 2.17 bits per heavy atom. The lowest BCUT2D eigenvalue weighted by Crippen LogP contribution is -2.48. The van der Waals surface area contributed by atoms with Crippen LogP contribution in [0.4, 0.5) is 0 Å². The predicted octanol–water partition coefficient (Wildman–Crippen LogP) is 0.657. The van der Waals surface area contributed by atoms with E-state index in [1.165, 1.54) is 0 Å². The Hall–Kier alpha value is -2.53. The molecule has 0 radical (unpaired) electrons. The van der Waals surface area contributed by atoms with E-state index in [1.54, 1.807) is 18.3 Å². The van der Waals surface area contributed by atoms with E-state index in [4.69, 9.17) is 10.4 Å². The van der Waals surface area contributed by atoms with Crippen LogP contribution in [0.25, 0.3) is 0 Å². The van der Waals surface area contributed by atoms with Gasteiger partial charge in [-0.05, 0) is 23.6 Å². The smallest absolute Gasteiger partial charge is 0.168 e. The summed E-state index contributed by atoms with van der Waals surface area (Å²) in [4.78, 5) is 29.6. The van der Waals surface area contributed by atoms with E-state index in [0.717, 1.165) is 44.8 Å². The zero-order valence-electron chi connectivity index (χ0n) is 16.6. The summed E-state index contributed by atoms with van der Waals surface area (Å²) in [5.41, 5.74) is 1.77. The number of benzene rings is 1. The highest BCUT2D eigenvalue weighted by Crippen LogP contribution is 2.31. The molecule has 2 N–H and O–H groups in total. The summed E-state index contributed by atoms with van der Waals surface area (Å²) in [6, 6.07) is 9.18. The molecule has 0 unspecified atom stereocenters. The van der Waals surface area contributed by atoms with Crippen LogP contribution >= 0.6 is 0 Å². The number of rotatable bonds is 7. The molecule has 29 heavy (non-hydrogen) atoms. The van der Waals surface area contributed by atoms with Gasteiger partial charge < -0.3 is 10.4 Å². The summed E-state index contributed by atoms with van der Waals surface area (Å²) >= 11 is 0. The van der Waals surface area contributed by atoms with Crippen molar-refractivity contribution >= 4 is 11.6 Å². The predicted molar refractivity (Wildman–Crippen MR) is 109 cm³/mol. The van der Waals surface area contributed by atoms with Gasteiger partial charge in [-0.25, -0.2) is 0 Å². The Labute approximate surface area is 171 Å². The minimum Gasteiger partial charge on any atom is -0.395 e. The van der Waals surface area contributed by atoms with Gasteiger partial charge in [0.15, 0.2) is 11.6 Å². The van der Waals surface area contributed by atoms with Gasteiger partial charge in [-0.2, -0.15) is 5.26 Å². The van der Waals surface area contributed by atoms with Gasteiger partial charge in [0.1, 0.15) is 0 Å². The van der Waals surface area contributed by atoms with Crippen molar-refractivity contribution in [3.63, 3.8) is 0 Å². The van der Waals surface area contributed by atoms with Crippen molar-refractivity contribution < 1.29 is 14.7 Å². The minimum atomic E-state index is -0.124. The molecule has 7 nitrogen and oxygen atoms in total.